The number of anilines is 1. The number of aromatic nitrogens is 1. The molecule has 0 atom stereocenters. The first kappa shape index (κ1) is 7.53. The molecule has 1 aromatic rings. The zero-order valence-corrected chi connectivity index (χ0v) is 6.03. The number of rotatable bonds is 1. The highest BCUT2D eigenvalue weighted by molar-refractivity contribution is 5.97. The van der Waals surface area contributed by atoms with Crippen LogP contribution in [0.2, 0.25) is 0 Å². The Morgan fingerprint density at radius 2 is 2.36 bits per heavy atom. The predicted molar refractivity (Wildman–Crippen MR) is 40.3 cm³/mol. The molecule has 0 aliphatic heterocycles. The Bertz CT molecular complexity index is 296. The number of hydrogen-bond acceptors (Lipinski definition) is 4. The van der Waals surface area contributed by atoms with Gasteiger partial charge in [-0.3, -0.25) is 4.79 Å². The summed E-state index contributed by atoms with van der Waals surface area (Å²) in [5.74, 6) is -0.477. The van der Waals surface area contributed by atoms with Crippen molar-refractivity contribution in [2.45, 2.75) is 6.92 Å². The van der Waals surface area contributed by atoms with E-state index in [1.165, 1.54) is 19.2 Å². The zero-order valence-electron chi connectivity index (χ0n) is 6.03. The Balaban J connectivity index is 3.27. The maximum atomic E-state index is 10.8. The maximum absolute atomic E-state index is 10.8. The molecule has 0 amide bonds. The van der Waals surface area contributed by atoms with Crippen LogP contribution >= 0.6 is 0 Å². The fourth-order valence-electron chi connectivity index (χ4n) is 0.754. The first-order chi connectivity index (χ1) is 5.13. The topological polar surface area (TPSA) is 76.2 Å². The van der Waals surface area contributed by atoms with E-state index in [-0.39, 0.29) is 22.9 Å². The van der Waals surface area contributed by atoms with Crippen LogP contribution in [0.5, 0.6) is 5.75 Å². The third-order valence-corrected chi connectivity index (χ3v) is 1.33. The summed E-state index contributed by atoms with van der Waals surface area (Å²) in [5, 5.41) is 9.16. The lowest BCUT2D eigenvalue weighted by atomic mass is 10.2. The minimum Gasteiger partial charge on any atom is -0.504 e. The lowest BCUT2D eigenvalue weighted by molar-refractivity contribution is 0.101. The normalized spacial score (nSPS) is 9.55. The van der Waals surface area contributed by atoms with Crippen LogP contribution < -0.4 is 5.73 Å². The van der Waals surface area contributed by atoms with E-state index in [0.29, 0.717) is 0 Å². The molecule has 0 unspecified atom stereocenters. The smallest absolute Gasteiger partial charge is 0.168 e. The van der Waals surface area contributed by atoms with Crippen molar-refractivity contribution in [2.75, 3.05) is 5.73 Å². The third-order valence-electron chi connectivity index (χ3n) is 1.33. The van der Waals surface area contributed by atoms with Crippen LogP contribution in [0.15, 0.2) is 12.3 Å². The molecule has 3 N–H and O–H groups in total. The summed E-state index contributed by atoms with van der Waals surface area (Å²) < 4.78 is 0. The molecule has 0 bridgehead atoms. The van der Waals surface area contributed by atoms with Crippen molar-refractivity contribution in [1.82, 2.24) is 4.98 Å². The summed E-state index contributed by atoms with van der Waals surface area (Å²) in [6.45, 7) is 1.36. The van der Waals surface area contributed by atoms with Crippen molar-refractivity contribution in [3.63, 3.8) is 0 Å². The average molecular weight is 152 g/mol. The Hall–Kier alpha value is -1.58. The fraction of sp³-hybridized carbons (Fsp3) is 0.143. The van der Waals surface area contributed by atoms with Gasteiger partial charge in [-0.05, 0) is 13.0 Å². The summed E-state index contributed by atoms with van der Waals surface area (Å²) in [4.78, 5) is 14.4. The summed E-state index contributed by atoms with van der Waals surface area (Å²) in [6.07, 6.45) is 1.38. The average Bonchev–Trinajstić information content (AvgIpc) is 1.94. The number of carbonyl (C=O) groups excluding carboxylic acids is 1. The number of carbonyl (C=O) groups is 1. The van der Waals surface area contributed by atoms with E-state index < -0.39 is 0 Å². The van der Waals surface area contributed by atoms with Gasteiger partial charge in [0.2, 0.25) is 0 Å². The minimum absolute atomic E-state index is 0.0160. The standard InChI is InChI=1S/C7H8N2O2/c1-4(10)5-2-3-9-7(8)6(5)11/h2-3,11H,1H3,(H2,8,9). The molecule has 0 fully saturated rings. The van der Waals surface area contributed by atoms with Gasteiger partial charge >= 0.3 is 0 Å². The first-order valence-electron chi connectivity index (χ1n) is 3.07. The number of nitrogens with two attached hydrogens (primary N) is 1. The van der Waals surface area contributed by atoms with Gasteiger partial charge in [-0.2, -0.15) is 0 Å². The van der Waals surface area contributed by atoms with Crippen LogP contribution in [-0.4, -0.2) is 15.9 Å². The largest absolute Gasteiger partial charge is 0.504 e. The van der Waals surface area contributed by atoms with Gasteiger partial charge in [-0.15, -0.1) is 0 Å². The predicted octanol–water partition coefficient (Wildman–Crippen LogP) is 0.572. The van der Waals surface area contributed by atoms with E-state index in [1.54, 1.807) is 0 Å². The van der Waals surface area contributed by atoms with Crippen molar-refractivity contribution in [3.8, 4) is 5.75 Å². The number of nitrogen functional groups attached to an aromatic ring is 1. The van der Waals surface area contributed by atoms with E-state index in [1.807, 2.05) is 0 Å². The number of Topliss-reactive ketones (excluding diaryl/α,β-unsaturated/α-hetero) is 1. The van der Waals surface area contributed by atoms with E-state index in [2.05, 4.69) is 4.98 Å². The van der Waals surface area contributed by atoms with Gasteiger partial charge in [-0.1, -0.05) is 0 Å². The molecule has 1 heterocycles. The Kier molecular flexibility index (Phi) is 1.76. The van der Waals surface area contributed by atoms with Crippen LogP contribution in [0.1, 0.15) is 17.3 Å². The number of aromatic hydroxyl groups is 1. The number of hydrogen-bond donors (Lipinski definition) is 2. The fourth-order valence-corrected chi connectivity index (χ4v) is 0.754. The molecule has 0 spiro atoms. The van der Waals surface area contributed by atoms with Crippen molar-refractivity contribution < 1.29 is 9.90 Å². The highest BCUT2D eigenvalue weighted by Gasteiger charge is 2.08. The molecule has 0 aliphatic rings. The van der Waals surface area contributed by atoms with Crippen LogP contribution in [0.4, 0.5) is 5.82 Å². The van der Waals surface area contributed by atoms with Gasteiger partial charge in [0.15, 0.2) is 17.4 Å². The second-order valence-corrected chi connectivity index (χ2v) is 2.15. The molecular weight excluding hydrogens is 144 g/mol. The molecule has 4 heteroatoms. The molecular formula is C7H8N2O2. The Morgan fingerprint density at radius 3 is 2.82 bits per heavy atom. The van der Waals surface area contributed by atoms with Gasteiger partial charge in [0.1, 0.15) is 0 Å². The summed E-state index contributed by atoms with van der Waals surface area (Å²) >= 11 is 0. The van der Waals surface area contributed by atoms with Crippen molar-refractivity contribution in [1.29, 1.82) is 0 Å². The monoisotopic (exact) mass is 152 g/mol. The van der Waals surface area contributed by atoms with E-state index in [0.717, 1.165) is 0 Å². The minimum atomic E-state index is -0.236. The molecule has 0 radical (unpaired) electrons. The van der Waals surface area contributed by atoms with Crippen molar-refractivity contribution in [2.24, 2.45) is 0 Å². The molecule has 1 aromatic heterocycles. The number of pyridine rings is 1. The zero-order chi connectivity index (χ0) is 8.43. The van der Waals surface area contributed by atoms with Crippen LogP contribution in [0.3, 0.4) is 0 Å². The molecule has 0 aromatic carbocycles. The summed E-state index contributed by atoms with van der Waals surface area (Å²) in [7, 11) is 0. The number of nitrogens with zero attached hydrogens (tertiary/aromatic N) is 1. The molecule has 11 heavy (non-hydrogen) atoms. The molecule has 0 saturated carbocycles. The molecule has 1 rings (SSSR count). The first-order valence-corrected chi connectivity index (χ1v) is 3.07. The van der Waals surface area contributed by atoms with E-state index in [4.69, 9.17) is 10.8 Å². The third kappa shape index (κ3) is 1.29. The highest BCUT2D eigenvalue weighted by Crippen LogP contribution is 2.21. The molecule has 0 aliphatic carbocycles. The SMILES string of the molecule is CC(=O)c1ccnc(N)c1O. The van der Waals surface area contributed by atoms with Crippen LogP contribution in [0.25, 0.3) is 0 Å². The summed E-state index contributed by atoms with van der Waals surface area (Å²) in [6, 6.07) is 1.42. The number of ketones is 1. The van der Waals surface area contributed by atoms with Gasteiger partial charge in [0.25, 0.3) is 0 Å². The van der Waals surface area contributed by atoms with Crippen LogP contribution in [0, 0.1) is 0 Å². The molecule has 58 valence electrons. The van der Waals surface area contributed by atoms with Gasteiger partial charge in [0, 0.05) is 6.20 Å². The van der Waals surface area contributed by atoms with Gasteiger partial charge in [0.05, 0.1) is 5.56 Å². The maximum Gasteiger partial charge on any atom is 0.168 e. The van der Waals surface area contributed by atoms with Crippen molar-refractivity contribution >= 4 is 11.6 Å². The second-order valence-electron chi connectivity index (χ2n) is 2.15. The van der Waals surface area contributed by atoms with E-state index in [9.17, 15) is 4.79 Å². The lowest BCUT2D eigenvalue weighted by Gasteiger charge is -2.00. The molecule has 0 saturated heterocycles. The van der Waals surface area contributed by atoms with Gasteiger partial charge in [-0.25, -0.2) is 4.98 Å². The highest BCUT2D eigenvalue weighted by atomic mass is 16.3. The second kappa shape index (κ2) is 2.57. The molecule has 4 nitrogen and oxygen atoms in total. The van der Waals surface area contributed by atoms with Crippen LogP contribution in [-0.2, 0) is 0 Å². The quantitative estimate of drug-likeness (QED) is 0.577. The Labute approximate surface area is 63.7 Å². The van der Waals surface area contributed by atoms with E-state index >= 15 is 0 Å². The lowest BCUT2D eigenvalue weighted by Crippen LogP contribution is -1.97. The van der Waals surface area contributed by atoms with Crippen molar-refractivity contribution in [3.05, 3.63) is 17.8 Å². The summed E-state index contributed by atoms with van der Waals surface area (Å²) in [5.41, 5.74) is 5.45. The Morgan fingerprint density at radius 1 is 1.73 bits per heavy atom. The van der Waals surface area contributed by atoms with Gasteiger partial charge < -0.3 is 10.8 Å².